The second kappa shape index (κ2) is 5.62. The number of aromatic nitrogens is 1. The number of carbonyl (C=O) groups is 1. The first kappa shape index (κ1) is 13.2. The van der Waals surface area contributed by atoms with Gasteiger partial charge in [-0.2, -0.15) is 0 Å². The molecule has 1 N–H and O–H groups in total. The molecule has 2 rings (SSSR count). The van der Waals surface area contributed by atoms with Gasteiger partial charge in [-0.05, 0) is 52.9 Å². The van der Waals surface area contributed by atoms with Crippen molar-refractivity contribution in [1.29, 1.82) is 0 Å². The van der Waals surface area contributed by atoms with Crippen LogP contribution in [0.3, 0.4) is 0 Å². The molecule has 0 fully saturated rings. The van der Waals surface area contributed by atoms with E-state index < -0.39 is 11.7 Å². The number of amides is 1. The highest BCUT2D eigenvalue weighted by Crippen LogP contribution is 2.18. The number of nitrogens with one attached hydrogen (secondary N) is 1. The summed E-state index contributed by atoms with van der Waals surface area (Å²) in [5.41, 5.74) is 0.452. The van der Waals surface area contributed by atoms with Crippen molar-refractivity contribution >= 4 is 45.8 Å². The molecule has 1 amide bonds. The van der Waals surface area contributed by atoms with Crippen molar-refractivity contribution in [2.45, 2.75) is 0 Å². The fourth-order valence-electron chi connectivity index (χ4n) is 1.30. The molecule has 0 saturated carbocycles. The van der Waals surface area contributed by atoms with E-state index in [0.717, 1.165) is 3.57 Å². The molecule has 92 valence electrons. The molecule has 0 saturated heterocycles. The van der Waals surface area contributed by atoms with Crippen LogP contribution in [-0.4, -0.2) is 10.9 Å². The Kier molecular flexibility index (Phi) is 4.13. The van der Waals surface area contributed by atoms with Crippen LogP contribution >= 0.6 is 34.2 Å². The molecule has 0 aliphatic heterocycles. The summed E-state index contributed by atoms with van der Waals surface area (Å²) >= 11 is 7.61. The smallest absolute Gasteiger partial charge is 0.257 e. The molecule has 0 radical (unpaired) electrons. The molecule has 0 atom stereocenters. The second-order valence-electron chi connectivity index (χ2n) is 3.45. The second-order valence-corrected chi connectivity index (χ2v) is 5.08. The lowest BCUT2D eigenvalue weighted by atomic mass is 10.2. The predicted octanol–water partition coefficient (Wildman–Crippen LogP) is 3.73. The highest BCUT2D eigenvalue weighted by molar-refractivity contribution is 14.1. The van der Waals surface area contributed by atoms with E-state index in [0.29, 0.717) is 10.7 Å². The quantitative estimate of drug-likeness (QED) is 0.641. The van der Waals surface area contributed by atoms with E-state index in [4.69, 9.17) is 11.6 Å². The average Bonchev–Trinajstić information content (AvgIpc) is 2.33. The molecule has 1 aromatic heterocycles. The van der Waals surface area contributed by atoms with Crippen LogP contribution in [0.1, 0.15) is 10.4 Å². The summed E-state index contributed by atoms with van der Waals surface area (Å²) < 4.78 is 14.3. The SMILES string of the molecule is O=C(Nc1ccc(I)cc1F)c1ccc(Cl)nc1. The number of hydrogen-bond donors (Lipinski definition) is 1. The van der Waals surface area contributed by atoms with Gasteiger partial charge in [0.25, 0.3) is 5.91 Å². The van der Waals surface area contributed by atoms with E-state index >= 15 is 0 Å². The number of pyridine rings is 1. The van der Waals surface area contributed by atoms with Crippen LogP contribution in [0.15, 0.2) is 36.5 Å². The third-order valence-electron chi connectivity index (χ3n) is 2.17. The van der Waals surface area contributed by atoms with Gasteiger partial charge in [0.2, 0.25) is 0 Å². The van der Waals surface area contributed by atoms with Crippen molar-refractivity contribution < 1.29 is 9.18 Å². The molecule has 0 unspecified atom stereocenters. The van der Waals surface area contributed by atoms with E-state index in [1.165, 1.54) is 30.5 Å². The monoisotopic (exact) mass is 376 g/mol. The first-order chi connectivity index (χ1) is 8.56. The molecule has 6 heteroatoms. The van der Waals surface area contributed by atoms with Gasteiger partial charge in [0.15, 0.2) is 0 Å². The summed E-state index contributed by atoms with van der Waals surface area (Å²) in [6.07, 6.45) is 1.34. The summed E-state index contributed by atoms with van der Waals surface area (Å²) in [6, 6.07) is 7.59. The molecule has 1 heterocycles. The lowest BCUT2D eigenvalue weighted by molar-refractivity contribution is 0.102. The number of hydrogen-bond acceptors (Lipinski definition) is 2. The maximum atomic E-state index is 13.5. The zero-order valence-corrected chi connectivity index (χ0v) is 11.9. The van der Waals surface area contributed by atoms with E-state index in [2.05, 4.69) is 10.3 Å². The molecule has 2 aromatic rings. The minimum atomic E-state index is -0.475. The lowest BCUT2D eigenvalue weighted by Gasteiger charge is -2.06. The molecule has 1 aromatic carbocycles. The van der Waals surface area contributed by atoms with E-state index in [9.17, 15) is 9.18 Å². The minimum absolute atomic E-state index is 0.135. The summed E-state index contributed by atoms with van der Waals surface area (Å²) in [5.74, 6) is -0.906. The summed E-state index contributed by atoms with van der Waals surface area (Å²) in [4.78, 5) is 15.6. The summed E-state index contributed by atoms with van der Waals surface area (Å²) in [5, 5.41) is 2.77. The van der Waals surface area contributed by atoms with Gasteiger partial charge in [-0.3, -0.25) is 4.79 Å². The molecule has 18 heavy (non-hydrogen) atoms. The summed E-state index contributed by atoms with van der Waals surface area (Å²) in [7, 11) is 0. The van der Waals surface area contributed by atoms with Gasteiger partial charge in [0.1, 0.15) is 11.0 Å². The Morgan fingerprint density at radius 3 is 2.72 bits per heavy atom. The van der Waals surface area contributed by atoms with Crippen LogP contribution in [0.2, 0.25) is 5.15 Å². The molecular weight excluding hydrogens is 370 g/mol. The Morgan fingerprint density at radius 1 is 1.33 bits per heavy atom. The Labute approximate surface area is 122 Å². The molecule has 0 aliphatic carbocycles. The van der Waals surface area contributed by atoms with Gasteiger partial charge < -0.3 is 5.32 Å². The van der Waals surface area contributed by atoms with Crippen LogP contribution in [0.5, 0.6) is 0 Å². The van der Waals surface area contributed by atoms with Crippen LogP contribution in [0.4, 0.5) is 10.1 Å². The van der Waals surface area contributed by atoms with Crippen LogP contribution in [0.25, 0.3) is 0 Å². The number of benzene rings is 1. The molecule has 3 nitrogen and oxygen atoms in total. The van der Waals surface area contributed by atoms with Gasteiger partial charge in [-0.15, -0.1) is 0 Å². The van der Waals surface area contributed by atoms with Crippen molar-refractivity contribution in [2.24, 2.45) is 0 Å². The highest BCUT2D eigenvalue weighted by atomic mass is 127. The standard InChI is InChI=1S/C12H7ClFIN2O/c13-11-4-1-7(6-16-11)12(18)17-10-3-2-8(15)5-9(10)14/h1-6H,(H,17,18). The van der Waals surface area contributed by atoms with Gasteiger partial charge in [0.05, 0.1) is 11.3 Å². The van der Waals surface area contributed by atoms with Crippen molar-refractivity contribution in [3.63, 3.8) is 0 Å². The topological polar surface area (TPSA) is 42.0 Å². The number of rotatable bonds is 2. The Bertz CT molecular complexity index is 589. The molecule has 0 aliphatic rings. The number of anilines is 1. The number of halogens is 3. The number of carbonyl (C=O) groups excluding carboxylic acids is 1. The first-order valence-corrected chi connectivity index (χ1v) is 6.40. The fraction of sp³-hybridized carbons (Fsp3) is 0. The maximum Gasteiger partial charge on any atom is 0.257 e. The Morgan fingerprint density at radius 2 is 2.11 bits per heavy atom. The minimum Gasteiger partial charge on any atom is -0.319 e. The highest BCUT2D eigenvalue weighted by Gasteiger charge is 2.09. The van der Waals surface area contributed by atoms with Gasteiger partial charge in [0, 0.05) is 9.77 Å². The Hall–Kier alpha value is -1.21. The normalized spacial score (nSPS) is 10.2. The average molecular weight is 377 g/mol. The van der Waals surface area contributed by atoms with Crippen molar-refractivity contribution in [2.75, 3.05) is 5.32 Å². The zero-order chi connectivity index (χ0) is 13.1. The van der Waals surface area contributed by atoms with Crippen LogP contribution in [-0.2, 0) is 0 Å². The third kappa shape index (κ3) is 3.17. The summed E-state index contributed by atoms with van der Waals surface area (Å²) in [6.45, 7) is 0. The maximum absolute atomic E-state index is 13.5. The Balaban J connectivity index is 2.18. The van der Waals surface area contributed by atoms with Gasteiger partial charge in [-0.25, -0.2) is 9.37 Å². The first-order valence-electron chi connectivity index (χ1n) is 4.94. The zero-order valence-electron chi connectivity index (χ0n) is 8.95. The van der Waals surface area contributed by atoms with Gasteiger partial charge in [-0.1, -0.05) is 11.6 Å². The van der Waals surface area contributed by atoms with Gasteiger partial charge >= 0.3 is 0 Å². The molecular formula is C12H7ClFIN2O. The molecule has 0 bridgehead atoms. The molecule has 0 spiro atoms. The van der Waals surface area contributed by atoms with Crippen LogP contribution < -0.4 is 5.32 Å². The third-order valence-corrected chi connectivity index (χ3v) is 3.06. The fourth-order valence-corrected chi connectivity index (χ4v) is 1.86. The van der Waals surface area contributed by atoms with Crippen LogP contribution in [0, 0.1) is 9.39 Å². The largest absolute Gasteiger partial charge is 0.319 e. The van der Waals surface area contributed by atoms with E-state index in [-0.39, 0.29) is 5.69 Å². The lowest BCUT2D eigenvalue weighted by Crippen LogP contribution is -2.13. The number of nitrogens with zero attached hydrogens (tertiary/aromatic N) is 1. The predicted molar refractivity (Wildman–Crippen MR) is 76.3 cm³/mol. The van der Waals surface area contributed by atoms with Crippen molar-refractivity contribution in [1.82, 2.24) is 4.98 Å². The van der Waals surface area contributed by atoms with Crippen molar-refractivity contribution in [3.05, 3.63) is 56.6 Å². The van der Waals surface area contributed by atoms with E-state index in [1.807, 2.05) is 22.6 Å². The van der Waals surface area contributed by atoms with E-state index in [1.54, 1.807) is 6.07 Å². The van der Waals surface area contributed by atoms with Crippen molar-refractivity contribution in [3.8, 4) is 0 Å².